The first-order valence-corrected chi connectivity index (χ1v) is 10.4. The summed E-state index contributed by atoms with van der Waals surface area (Å²) in [7, 11) is 0. The minimum absolute atomic E-state index is 0.0123. The number of anilines is 2. The lowest BCUT2D eigenvalue weighted by atomic mass is 10.1. The molecular formula is C22H20F2N4O4. The molecule has 10 heteroatoms. The van der Waals surface area contributed by atoms with E-state index in [0.29, 0.717) is 30.2 Å². The summed E-state index contributed by atoms with van der Waals surface area (Å²) in [5.41, 5.74) is 9.24. The van der Waals surface area contributed by atoms with E-state index in [1.807, 2.05) is 12.1 Å². The molecule has 0 bridgehead atoms. The van der Waals surface area contributed by atoms with Gasteiger partial charge in [0.2, 0.25) is 5.91 Å². The van der Waals surface area contributed by atoms with Gasteiger partial charge in [0, 0.05) is 23.9 Å². The van der Waals surface area contributed by atoms with Crippen LogP contribution in [0.25, 0.3) is 22.2 Å². The highest BCUT2D eigenvalue weighted by atomic mass is 19.3. The standard InChI is InChI=1S/C22H20F2N4O4/c23-22(24)31-14-4-3-11(7-15(14)32-22)18-20-17-13(28-18)8-12(9-16(17)30-6-5-26-20)27-19(21(25)29)10-1-2-10/h3-4,7-10,19,26-28H,1-2,5-6H2,(H2,25,29)/t19-/m0/s1. The highest BCUT2D eigenvalue weighted by Gasteiger charge is 2.43. The smallest absolute Gasteiger partial charge is 0.491 e. The van der Waals surface area contributed by atoms with Crippen molar-refractivity contribution in [2.75, 3.05) is 23.8 Å². The van der Waals surface area contributed by atoms with Crippen LogP contribution in [0.15, 0.2) is 30.3 Å². The topological polar surface area (TPSA) is 111 Å². The molecule has 1 amide bonds. The summed E-state index contributed by atoms with van der Waals surface area (Å²) in [6.45, 7) is 1.01. The van der Waals surface area contributed by atoms with Crippen LogP contribution in [-0.2, 0) is 4.79 Å². The normalized spacial score (nSPS) is 19.1. The van der Waals surface area contributed by atoms with E-state index in [9.17, 15) is 13.6 Å². The Labute approximate surface area is 181 Å². The van der Waals surface area contributed by atoms with Crippen molar-refractivity contribution in [3.63, 3.8) is 0 Å². The molecule has 166 valence electrons. The fourth-order valence-corrected chi connectivity index (χ4v) is 4.36. The molecule has 5 N–H and O–H groups in total. The minimum atomic E-state index is -3.68. The third-order valence-electron chi connectivity index (χ3n) is 5.94. The number of ether oxygens (including phenoxy) is 3. The second kappa shape index (κ2) is 6.65. The molecule has 0 spiro atoms. The molecule has 8 nitrogen and oxygen atoms in total. The lowest BCUT2D eigenvalue weighted by molar-refractivity contribution is -0.286. The Morgan fingerprint density at radius 1 is 1.16 bits per heavy atom. The van der Waals surface area contributed by atoms with Crippen molar-refractivity contribution in [3.05, 3.63) is 30.3 Å². The summed E-state index contributed by atoms with van der Waals surface area (Å²) < 4.78 is 41.9. The van der Waals surface area contributed by atoms with Gasteiger partial charge in [-0.3, -0.25) is 4.79 Å². The maximum atomic E-state index is 13.4. The van der Waals surface area contributed by atoms with Gasteiger partial charge in [-0.2, -0.15) is 0 Å². The van der Waals surface area contributed by atoms with Crippen molar-refractivity contribution in [2.24, 2.45) is 11.7 Å². The van der Waals surface area contributed by atoms with Crippen molar-refractivity contribution in [2.45, 2.75) is 25.2 Å². The summed E-state index contributed by atoms with van der Waals surface area (Å²) in [6.07, 6.45) is -1.74. The van der Waals surface area contributed by atoms with Gasteiger partial charge in [-0.25, -0.2) is 0 Å². The lowest BCUT2D eigenvalue weighted by Gasteiger charge is -2.17. The molecule has 1 aromatic heterocycles. The van der Waals surface area contributed by atoms with Crippen LogP contribution in [0.2, 0.25) is 0 Å². The van der Waals surface area contributed by atoms with Crippen molar-refractivity contribution in [1.82, 2.24) is 4.98 Å². The zero-order valence-electron chi connectivity index (χ0n) is 16.8. The number of carbonyl (C=O) groups excluding carboxylic acids is 1. The summed E-state index contributed by atoms with van der Waals surface area (Å²) in [6, 6.07) is 7.97. The number of rotatable bonds is 5. The molecule has 6 rings (SSSR count). The van der Waals surface area contributed by atoms with Gasteiger partial charge in [0.05, 0.1) is 22.3 Å². The summed E-state index contributed by atoms with van der Waals surface area (Å²) in [4.78, 5) is 15.2. The molecule has 0 unspecified atom stereocenters. The van der Waals surface area contributed by atoms with Crippen LogP contribution < -0.4 is 30.6 Å². The zero-order valence-corrected chi connectivity index (χ0v) is 16.8. The number of amides is 1. The fourth-order valence-electron chi connectivity index (χ4n) is 4.36. The van der Waals surface area contributed by atoms with Gasteiger partial charge in [0.15, 0.2) is 11.5 Å². The van der Waals surface area contributed by atoms with Crippen LogP contribution in [0.3, 0.4) is 0 Å². The molecule has 1 atom stereocenters. The predicted molar refractivity (Wildman–Crippen MR) is 113 cm³/mol. The summed E-state index contributed by atoms with van der Waals surface area (Å²) >= 11 is 0. The van der Waals surface area contributed by atoms with Crippen LogP contribution in [-0.4, -0.2) is 36.4 Å². The van der Waals surface area contributed by atoms with Gasteiger partial charge >= 0.3 is 6.29 Å². The Balaban J connectivity index is 1.44. The molecule has 2 aromatic carbocycles. The van der Waals surface area contributed by atoms with E-state index in [-0.39, 0.29) is 23.3 Å². The maximum Gasteiger partial charge on any atom is 0.586 e. The second-order valence-electron chi connectivity index (χ2n) is 8.24. The number of H-pyrrole nitrogens is 1. The van der Waals surface area contributed by atoms with Crippen LogP contribution in [0.1, 0.15) is 12.8 Å². The second-order valence-corrected chi connectivity index (χ2v) is 8.24. The van der Waals surface area contributed by atoms with E-state index in [0.717, 1.165) is 35.1 Å². The lowest BCUT2D eigenvalue weighted by Crippen LogP contribution is -2.37. The number of benzene rings is 2. The molecule has 1 saturated carbocycles. The number of aromatic amines is 1. The number of hydrogen-bond acceptors (Lipinski definition) is 6. The maximum absolute atomic E-state index is 13.4. The Kier molecular flexibility index (Phi) is 3.96. The van der Waals surface area contributed by atoms with E-state index >= 15 is 0 Å². The monoisotopic (exact) mass is 442 g/mol. The zero-order chi connectivity index (χ0) is 22.0. The van der Waals surface area contributed by atoms with E-state index < -0.39 is 12.3 Å². The molecule has 3 aliphatic rings. The number of aromatic nitrogens is 1. The molecule has 3 aromatic rings. The first-order valence-electron chi connectivity index (χ1n) is 10.4. The number of nitrogens with two attached hydrogens (primary N) is 1. The van der Waals surface area contributed by atoms with Crippen molar-refractivity contribution in [3.8, 4) is 28.5 Å². The number of carbonyl (C=O) groups is 1. The van der Waals surface area contributed by atoms with Crippen molar-refractivity contribution < 1.29 is 27.8 Å². The van der Waals surface area contributed by atoms with Gasteiger partial charge in [-0.15, -0.1) is 8.78 Å². The Bertz CT molecular complexity index is 1250. The predicted octanol–water partition coefficient (Wildman–Crippen LogP) is 3.64. The Morgan fingerprint density at radius 2 is 1.97 bits per heavy atom. The van der Waals surface area contributed by atoms with Gasteiger partial charge in [0.25, 0.3) is 0 Å². The average Bonchev–Trinajstić information content (AvgIpc) is 3.47. The van der Waals surface area contributed by atoms with E-state index in [1.54, 1.807) is 6.07 Å². The highest BCUT2D eigenvalue weighted by molar-refractivity contribution is 6.06. The minimum Gasteiger partial charge on any atom is -0.491 e. The number of alkyl halides is 2. The van der Waals surface area contributed by atoms with Crippen LogP contribution in [0.4, 0.5) is 20.2 Å². The van der Waals surface area contributed by atoms with Gasteiger partial charge < -0.3 is 35.6 Å². The van der Waals surface area contributed by atoms with Crippen molar-refractivity contribution >= 4 is 28.2 Å². The summed E-state index contributed by atoms with van der Waals surface area (Å²) in [5, 5.41) is 7.45. The van der Waals surface area contributed by atoms with E-state index in [4.69, 9.17) is 10.5 Å². The number of primary amides is 1. The van der Waals surface area contributed by atoms with Crippen LogP contribution in [0.5, 0.6) is 17.2 Å². The molecule has 1 fully saturated rings. The molecular weight excluding hydrogens is 422 g/mol. The molecule has 1 aliphatic carbocycles. The number of halogens is 2. The number of nitrogens with one attached hydrogen (secondary N) is 3. The molecule has 32 heavy (non-hydrogen) atoms. The quantitative estimate of drug-likeness (QED) is 0.480. The summed E-state index contributed by atoms with van der Waals surface area (Å²) in [5.74, 6) is 0.470. The highest BCUT2D eigenvalue weighted by Crippen LogP contribution is 2.47. The van der Waals surface area contributed by atoms with Gasteiger partial charge in [0.1, 0.15) is 18.4 Å². The van der Waals surface area contributed by atoms with Gasteiger partial charge in [-0.05, 0) is 43.0 Å². The molecule has 2 aliphatic heterocycles. The first kappa shape index (κ1) is 19.0. The van der Waals surface area contributed by atoms with Gasteiger partial charge in [-0.1, -0.05) is 0 Å². The number of hydrogen-bond donors (Lipinski definition) is 4. The molecule has 3 heterocycles. The number of fused-ring (bicyclic) bond motifs is 1. The molecule has 0 radical (unpaired) electrons. The largest absolute Gasteiger partial charge is 0.586 e. The fraction of sp³-hybridized carbons (Fsp3) is 0.318. The third-order valence-corrected chi connectivity index (χ3v) is 5.94. The Hall–Kier alpha value is -3.69. The average molecular weight is 442 g/mol. The van der Waals surface area contributed by atoms with E-state index in [2.05, 4.69) is 25.1 Å². The van der Waals surface area contributed by atoms with E-state index in [1.165, 1.54) is 12.1 Å². The SMILES string of the molecule is NC(=O)[C@@H](Nc1cc2c3c(c(-c4ccc5c(c4)OC(F)(F)O5)[nH]c3c1)NCCO2)C1CC1. The Morgan fingerprint density at radius 3 is 2.75 bits per heavy atom. The van der Waals surface area contributed by atoms with Crippen LogP contribution in [0, 0.1) is 5.92 Å². The molecule has 0 saturated heterocycles. The first-order chi connectivity index (χ1) is 15.4. The van der Waals surface area contributed by atoms with Crippen LogP contribution >= 0.6 is 0 Å². The van der Waals surface area contributed by atoms with Crippen molar-refractivity contribution in [1.29, 1.82) is 0 Å². The third kappa shape index (κ3) is 3.14.